The Kier molecular flexibility index (Phi) is 4.41. The third-order valence-corrected chi connectivity index (χ3v) is 1.72. The molecule has 0 aliphatic rings. The van der Waals surface area contributed by atoms with Gasteiger partial charge in [-0.3, -0.25) is 4.79 Å². The Labute approximate surface area is 83.4 Å². The summed E-state index contributed by atoms with van der Waals surface area (Å²) in [4.78, 5) is 14.6. The van der Waals surface area contributed by atoms with E-state index < -0.39 is 0 Å². The molecule has 0 bridgehead atoms. The molecule has 0 aliphatic heterocycles. The predicted molar refractivity (Wildman–Crippen MR) is 55.3 cm³/mol. The van der Waals surface area contributed by atoms with Crippen LogP contribution >= 0.6 is 0 Å². The van der Waals surface area contributed by atoms with E-state index in [-0.39, 0.29) is 5.97 Å². The third kappa shape index (κ3) is 3.85. The standard InChI is InChI=1S/C11H13NO2/c1-12-8-7-11(13)14-9-10-5-3-2-4-6-10/h2-6H,1,7-9H2. The number of aliphatic imine (C=N–C) groups is 1. The lowest BCUT2D eigenvalue weighted by atomic mass is 10.2. The number of ether oxygens (including phenoxy) is 1. The molecule has 0 unspecified atom stereocenters. The van der Waals surface area contributed by atoms with E-state index in [2.05, 4.69) is 11.7 Å². The van der Waals surface area contributed by atoms with E-state index in [4.69, 9.17) is 4.74 Å². The van der Waals surface area contributed by atoms with Gasteiger partial charge in [0.1, 0.15) is 6.61 Å². The Morgan fingerprint density at radius 3 is 2.71 bits per heavy atom. The van der Waals surface area contributed by atoms with Crippen molar-refractivity contribution < 1.29 is 9.53 Å². The highest BCUT2D eigenvalue weighted by atomic mass is 16.5. The minimum atomic E-state index is -0.235. The number of esters is 1. The van der Waals surface area contributed by atoms with E-state index in [0.717, 1.165) is 5.56 Å². The van der Waals surface area contributed by atoms with Crippen LogP contribution in [0.2, 0.25) is 0 Å². The molecule has 3 nitrogen and oxygen atoms in total. The minimum Gasteiger partial charge on any atom is -0.461 e. The largest absolute Gasteiger partial charge is 0.461 e. The number of hydrogen-bond acceptors (Lipinski definition) is 3. The van der Waals surface area contributed by atoms with Crippen LogP contribution in [0.25, 0.3) is 0 Å². The number of hydrogen-bond donors (Lipinski definition) is 0. The number of rotatable bonds is 5. The van der Waals surface area contributed by atoms with Gasteiger partial charge in [0.2, 0.25) is 0 Å². The topological polar surface area (TPSA) is 38.7 Å². The highest BCUT2D eigenvalue weighted by Crippen LogP contribution is 2.01. The van der Waals surface area contributed by atoms with E-state index in [9.17, 15) is 4.79 Å². The van der Waals surface area contributed by atoms with Crippen molar-refractivity contribution >= 4 is 12.7 Å². The van der Waals surface area contributed by atoms with Gasteiger partial charge in [-0.25, -0.2) is 0 Å². The van der Waals surface area contributed by atoms with Crippen LogP contribution in [0.5, 0.6) is 0 Å². The maximum absolute atomic E-state index is 11.1. The molecule has 1 rings (SSSR count). The molecular formula is C11H13NO2. The fraction of sp³-hybridized carbons (Fsp3) is 0.273. The first-order valence-corrected chi connectivity index (χ1v) is 4.45. The lowest BCUT2D eigenvalue weighted by Gasteiger charge is -2.03. The maximum atomic E-state index is 11.1. The molecule has 0 atom stereocenters. The smallest absolute Gasteiger partial charge is 0.307 e. The van der Waals surface area contributed by atoms with Crippen LogP contribution < -0.4 is 0 Å². The summed E-state index contributed by atoms with van der Waals surface area (Å²) in [5.74, 6) is -0.235. The van der Waals surface area contributed by atoms with Crippen LogP contribution in [-0.4, -0.2) is 19.2 Å². The number of carbonyl (C=O) groups excluding carboxylic acids is 1. The Morgan fingerprint density at radius 1 is 1.36 bits per heavy atom. The summed E-state index contributed by atoms with van der Waals surface area (Å²) in [7, 11) is 0. The average molecular weight is 191 g/mol. The van der Waals surface area contributed by atoms with Crippen molar-refractivity contribution in [3.05, 3.63) is 35.9 Å². The van der Waals surface area contributed by atoms with E-state index in [1.165, 1.54) is 0 Å². The average Bonchev–Trinajstić information content (AvgIpc) is 2.25. The van der Waals surface area contributed by atoms with Crippen LogP contribution in [0.3, 0.4) is 0 Å². The third-order valence-electron chi connectivity index (χ3n) is 1.72. The van der Waals surface area contributed by atoms with Gasteiger partial charge in [-0.15, -0.1) is 0 Å². The summed E-state index contributed by atoms with van der Waals surface area (Å²) >= 11 is 0. The maximum Gasteiger partial charge on any atom is 0.307 e. The zero-order chi connectivity index (χ0) is 10.2. The molecule has 0 heterocycles. The van der Waals surface area contributed by atoms with Crippen molar-refractivity contribution in [1.29, 1.82) is 0 Å². The normalized spacial score (nSPS) is 9.43. The van der Waals surface area contributed by atoms with Gasteiger partial charge >= 0.3 is 5.97 Å². The zero-order valence-electron chi connectivity index (χ0n) is 7.98. The summed E-state index contributed by atoms with van der Waals surface area (Å²) in [5, 5.41) is 0. The molecule has 0 radical (unpaired) electrons. The van der Waals surface area contributed by atoms with Gasteiger partial charge in [0, 0.05) is 6.54 Å². The molecule has 74 valence electrons. The lowest BCUT2D eigenvalue weighted by Crippen LogP contribution is -2.05. The van der Waals surface area contributed by atoms with Crippen LogP contribution in [0, 0.1) is 0 Å². The summed E-state index contributed by atoms with van der Waals surface area (Å²) in [6, 6.07) is 9.58. The molecule has 0 N–H and O–H groups in total. The molecule has 0 saturated heterocycles. The second kappa shape index (κ2) is 5.91. The highest BCUT2D eigenvalue weighted by Gasteiger charge is 2.01. The quantitative estimate of drug-likeness (QED) is 0.526. The fourth-order valence-electron chi connectivity index (χ4n) is 0.981. The number of carbonyl (C=O) groups is 1. The lowest BCUT2D eigenvalue weighted by molar-refractivity contribution is -0.144. The molecule has 0 fully saturated rings. The van der Waals surface area contributed by atoms with Crippen molar-refractivity contribution in [2.45, 2.75) is 13.0 Å². The Hall–Kier alpha value is -1.64. The first-order chi connectivity index (χ1) is 6.83. The molecule has 1 aromatic rings. The molecule has 14 heavy (non-hydrogen) atoms. The van der Waals surface area contributed by atoms with Gasteiger partial charge in [0.05, 0.1) is 6.42 Å². The number of nitrogens with zero attached hydrogens (tertiary/aromatic N) is 1. The van der Waals surface area contributed by atoms with E-state index >= 15 is 0 Å². The molecule has 1 aromatic carbocycles. The van der Waals surface area contributed by atoms with Crippen molar-refractivity contribution in [2.24, 2.45) is 4.99 Å². The molecule has 3 heteroatoms. The number of benzene rings is 1. The highest BCUT2D eigenvalue weighted by molar-refractivity contribution is 5.69. The zero-order valence-corrected chi connectivity index (χ0v) is 7.98. The van der Waals surface area contributed by atoms with Crippen molar-refractivity contribution in [3.63, 3.8) is 0 Å². The van der Waals surface area contributed by atoms with Crippen molar-refractivity contribution in [3.8, 4) is 0 Å². The minimum absolute atomic E-state index is 0.235. The Bertz CT molecular complexity index is 295. The molecule has 0 aliphatic carbocycles. The van der Waals surface area contributed by atoms with Crippen LogP contribution in [0.15, 0.2) is 35.3 Å². The first-order valence-electron chi connectivity index (χ1n) is 4.45. The monoisotopic (exact) mass is 191 g/mol. The van der Waals surface area contributed by atoms with Crippen molar-refractivity contribution in [2.75, 3.05) is 6.54 Å². The van der Waals surface area contributed by atoms with E-state index in [0.29, 0.717) is 19.6 Å². The molecule has 0 amide bonds. The summed E-state index contributed by atoms with van der Waals surface area (Å²) in [5.41, 5.74) is 0.993. The van der Waals surface area contributed by atoms with Crippen LogP contribution in [0.4, 0.5) is 0 Å². The summed E-state index contributed by atoms with van der Waals surface area (Å²) in [6.45, 7) is 4.05. The van der Waals surface area contributed by atoms with Crippen LogP contribution in [-0.2, 0) is 16.1 Å². The van der Waals surface area contributed by atoms with Gasteiger partial charge < -0.3 is 9.73 Å². The fourth-order valence-corrected chi connectivity index (χ4v) is 0.981. The Morgan fingerprint density at radius 2 is 2.07 bits per heavy atom. The predicted octanol–water partition coefficient (Wildman–Crippen LogP) is 1.82. The summed E-state index contributed by atoms with van der Waals surface area (Å²) < 4.78 is 5.00. The summed E-state index contributed by atoms with van der Waals surface area (Å²) in [6.07, 6.45) is 0.302. The van der Waals surface area contributed by atoms with Gasteiger partial charge in [0.25, 0.3) is 0 Å². The Balaban J connectivity index is 2.27. The SMILES string of the molecule is C=NCCC(=O)OCc1ccccc1. The second-order valence-electron chi connectivity index (χ2n) is 2.84. The van der Waals surface area contributed by atoms with Crippen molar-refractivity contribution in [1.82, 2.24) is 0 Å². The second-order valence-corrected chi connectivity index (χ2v) is 2.84. The van der Waals surface area contributed by atoms with Gasteiger partial charge in [-0.05, 0) is 12.3 Å². The van der Waals surface area contributed by atoms with Gasteiger partial charge in [-0.2, -0.15) is 0 Å². The van der Waals surface area contributed by atoms with Crippen LogP contribution in [0.1, 0.15) is 12.0 Å². The molecular weight excluding hydrogens is 178 g/mol. The van der Waals surface area contributed by atoms with Gasteiger partial charge in [-0.1, -0.05) is 30.3 Å². The molecule has 0 saturated carbocycles. The van der Waals surface area contributed by atoms with Gasteiger partial charge in [0.15, 0.2) is 0 Å². The first kappa shape index (κ1) is 10.4. The van der Waals surface area contributed by atoms with E-state index in [1.807, 2.05) is 30.3 Å². The molecule has 0 spiro atoms. The van der Waals surface area contributed by atoms with E-state index in [1.54, 1.807) is 0 Å². The molecule has 0 aromatic heterocycles.